The van der Waals surface area contributed by atoms with Gasteiger partial charge in [-0.05, 0) is 47.0 Å². The summed E-state index contributed by atoms with van der Waals surface area (Å²) >= 11 is 0. The van der Waals surface area contributed by atoms with Crippen molar-refractivity contribution in [2.75, 3.05) is 47.3 Å². The molecule has 0 atom stereocenters. The maximum Gasteiger partial charge on any atom is 0.0707 e. The maximum atomic E-state index is 8.30. The topological polar surface area (TPSA) is 57.2 Å². The molecule has 0 rings (SSSR count). The van der Waals surface area contributed by atoms with E-state index in [-0.39, 0.29) is 17.8 Å². The summed E-state index contributed by atoms with van der Waals surface area (Å²) in [6.45, 7) is 21.2. The van der Waals surface area contributed by atoms with Crippen LogP contribution in [-0.4, -0.2) is 63.6 Å². The SMILES string of the molecule is CC(C)(C)OCCO.COCC(C)(C)C.COCCOC(C)(C)C. The molecule has 24 heavy (non-hydrogen) atoms. The fourth-order valence-corrected chi connectivity index (χ4v) is 1.22. The predicted octanol–water partition coefficient (Wildman–Crippen LogP) is 3.92. The van der Waals surface area contributed by atoms with Crippen LogP contribution < -0.4 is 0 Å². The van der Waals surface area contributed by atoms with E-state index < -0.39 is 0 Å². The predicted molar refractivity (Wildman–Crippen MR) is 102 cm³/mol. The summed E-state index contributed by atoms with van der Waals surface area (Å²) in [5, 5.41) is 8.30. The van der Waals surface area contributed by atoms with Gasteiger partial charge in [-0.2, -0.15) is 0 Å². The lowest BCUT2D eigenvalue weighted by atomic mass is 9.99. The van der Waals surface area contributed by atoms with Gasteiger partial charge in [-0.1, -0.05) is 20.8 Å². The minimum atomic E-state index is -0.108. The summed E-state index contributed by atoms with van der Waals surface area (Å²) in [6.07, 6.45) is 0. The lowest BCUT2D eigenvalue weighted by Crippen LogP contribution is -2.21. The highest BCUT2D eigenvalue weighted by atomic mass is 16.5. The van der Waals surface area contributed by atoms with Crippen LogP contribution in [0.4, 0.5) is 0 Å². The van der Waals surface area contributed by atoms with Crippen molar-refractivity contribution in [1.29, 1.82) is 0 Å². The molecule has 0 aromatic heterocycles. The average molecular weight is 353 g/mol. The molecule has 0 unspecified atom stereocenters. The molecule has 1 N–H and O–H groups in total. The van der Waals surface area contributed by atoms with Gasteiger partial charge in [0.2, 0.25) is 0 Å². The van der Waals surface area contributed by atoms with Gasteiger partial charge in [-0.25, -0.2) is 0 Å². The van der Waals surface area contributed by atoms with Crippen LogP contribution in [0.25, 0.3) is 0 Å². The van der Waals surface area contributed by atoms with Crippen LogP contribution >= 0.6 is 0 Å². The Kier molecular flexibility index (Phi) is 18.0. The fraction of sp³-hybridized carbons (Fsp3) is 1.00. The molecule has 150 valence electrons. The van der Waals surface area contributed by atoms with Gasteiger partial charge in [0, 0.05) is 14.2 Å². The first-order valence-electron chi connectivity index (χ1n) is 8.55. The molecule has 5 nitrogen and oxygen atoms in total. The van der Waals surface area contributed by atoms with E-state index in [2.05, 4.69) is 20.8 Å². The highest BCUT2D eigenvalue weighted by Crippen LogP contribution is 2.11. The highest BCUT2D eigenvalue weighted by molar-refractivity contribution is 4.58. The Labute approximate surface area is 151 Å². The third kappa shape index (κ3) is 43.1. The number of methoxy groups -OCH3 is 2. The lowest BCUT2D eigenvalue weighted by molar-refractivity contribution is -0.0271. The largest absolute Gasteiger partial charge is 0.394 e. The molecule has 0 aliphatic carbocycles. The Morgan fingerprint density at radius 3 is 1.21 bits per heavy atom. The van der Waals surface area contributed by atoms with Crippen molar-refractivity contribution in [1.82, 2.24) is 0 Å². The maximum absolute atomic E-state index is 8.30. The van der Waals surface area contributed by atoms with Crippen molar-refractivity contribution in [2.45, 2.75) is 73.5 Å². The van der Waals surface area contributed by atoms with E-state index in [0.29, 0.717) is 25.2 Å². The third-order valence-corrected chi connectivity index (χ3v) is 2.03. The highest BCUT2D eigenvalue weighted by Gasteiger charge is 2.09. The van der Waals surface area contributed by atoms with E-state index in [0.717, 1.165) is 6.61 Å². The molecular formula is C19H44O5. The van der Waals surface area contributed by atoms with E-state index in [1.807, 2.05) is 41.5 Å². The van der Waals surface area contributed by atoms with Gasteiger partial charge >= 0.3 is 0 Å². The van der Waals surface area contributed by atoms with Crippen LogP contribution in [-0.2, 0) is 18.9 Å². The Bertz CT molecular complexity index is 246. The van der Waals surface area contributed by atoms with Gasteiger partial charge in [-0.15, -0.1) is 0 Å². The van der Waals surface area contributed by atoms with Gasteiger partial charge in [0.25, 0.3) is 0 Å². The molecule has 0 aromatic rings. The van der Waals surface area contributed by atoms with Gasteiger partial charge in [0.1, 0.15) is 0 Å². The summed E-state index contributed by atoms with van der Waals surface area (Å²) in [7, 11) is 3.40. The summed E-state index contributed by atoms with van der Waals surface area (Å²) in [5.41, 5.74) is 0.190. The molecule has 0 saturated carbocycles. The quantitative estimate of drug-likeness (QED) is 0.734. The zero-order valence-corrected chi connectivity index (χ0v) is 18.1. The van der Waals surface area contributed by atoms with Crippen LogP contribution in [0.1, 0.15) is 62.3 Å². The monoisotopic (exact) mass is 352 g/mol. The van der Waals surface area contributed by atoms with Gasteiger partial charge in [0.15, 0.2) is 0 Å². The summed E-state index contributed by atoms with van der Waals surface area (Å²) in [4.78, 5) is 0. The number of hydrogen-bond acceptors (Lipinski definition) is 5. The Balaban J connectivity index is -0.000000278. The fourth-order valence-electron chi connectivity index (χ4n) is 1.22. The molecule has 0 amide bonds. The zero-order valence-electron chi connectivity index (χ0n) is 18.1. The first-order chi connectivity index (χ1) is 10.7. The Hall–Kier alpha value is -0.200. The molecular weight excluding hydrogens is 308 g/mol. The normalized spacial score (nSPS) is 12.0. The molecule has 0 aromatic carbocycles. The second-order valence-corrected chi connectivity index (χ2v) is 8.63. The number of aliphatic hydroxyl groups excluding tert-OH is 1. The lowest BCUT2D eigenvalue weighted by Gasteiger charge is -2.18. The minimum absolute atomic E-state index is 0.0292. The summed E-state index contributed by atoms with van der Waals surface area (Å²) in [5.74, 6) is 0. The molecule has 0 bridgehead atoms. The zero-order chi connectivity index (χ0) is 19.9. The average Bonchev–Trinajstić information content (AvgIpc) is 2.34. The molecule has 0 fully saturated rings. The summed E-state index contributed by atoms with van der Waals surface area (Å²) in [6, 6.07) is 0. The first-order valence-corrected chi connectivity index (χ1v) is 8.55. The Morgan fingerprint density at radius 2 is 1.04 bits per heavy atom. The number of aliphatic hydroxyl groups is 1. The second kappa shape index (κ2) is 15.1. The molecule has 0 heterocycles. The first kappa shape index (κ1) is 28.6. The van der Waals surface area contributed by atoms with Crippen molar-refractivity contribution in [3.8, 4) is 0 Å². The molecule has 0 saturated heterocycles. The molecule has 5 heteroatoms. The van der Waals surface area contributed by atoms with Crippen LogP contribution in [0.2, 0.25) is 0 Å². The van der Waals surface area contributed by atoms with Crippen molar-refractivity contribution >= 4 is 0 Å². The second-order valence-electron chi connectivity index (χ2n) is 8.63. The smallest absolute Gasteiger partial charge is 0.0707 e. The molecule has 0 spiro atoms. The number of rotatable bonds is 6. The van der Waals surface area contributed by atoms with Gasteiger partial charge in [-0.3, -0.25) is 0 Å². The van der Waals surface area contributed by atoms with Crippen LogP contribution in [0.15, 0.2) is 0 Å². The third-order valence-electron chi connectivity index (χ3n) is 2.03. The van der Waals surface area contributed by atoms with Crippen molar-refractivity contribution in [3.05, 3.63) is 0 Å². The summed E-state index contributed by atoms with van der Waals surface area (Å²) < 4.78 is 20.2. The number of hydrogen-bond donors (Lipinski definition) is 1. The molecule has 0 radical (unpaired) electrons. The van der Waals surface area contributed by atoms with Crippen LogP contribution in [0, 0.1) is 5.41 Å². The van der Waals surface area contributed by atoms with Crippen molar-refractivity contribution in [3.63, 3.8) is 0 Å². The van der Waals surface area contributed by atoms with Crippen molar-refractivity contribution < 1.29 is 24.1 Å². The van der Waals surface area contributed by atoms with Crippen LogP contribution in [0.5, 0.6) is 0 Å². The van der Waals surface area contributed by atoms with Crippen molar-refractivity contribution in [2.24, 2.45) is 5.41 Å². The van der Waals surface area contributed by atoms with Crippen LogP contribution in [0.3, 0.4) is 0 Å². The minimum Gasteiger partial charge on any atom is -0.394 e. The van der Waals surface area contributed by atoms with E-state index in [1.54, 1.807) is 14.2 Å². The Morgan fingerprint density at radius 1 is 0.625 bits per heavy atom. The van der Waals surface area contributed by atoms with Gasteiger partial charge < -0.3 is 24.1 Å². The molecule has 0 aliphatic rings. The standard InChI is InChI=1S/C7H16O2.C6H14O2.C6H14O/c1-7(2,3)9-6-5-8-4;1-6(2,3)8-5-4-7;1-6(2,3)5-7-4/h5-6H2,1-4H3;7H,4-5H2,1-3H3;5H2,1-4H3. The van der Waals surface area contributed by atoms with E-state index in [9.17, 15) is 0 Å². The van der Waals surface area contributed by atoms with E-state index >= 15 is 0 Å². The van der Waals surface area contributed by atoms with E-state index in [1.165, 1.54) is 0 Å². The molecule has 0 aliphatic heterocycles. The van der Waals surface area contributed by atoms with Gasteiger partial charge in [0.05, 0.1) is 44.2 Å². The number of ether oxygens (including phenoxy) is 4. The van der Waals surface area contributed by atoms with E-state index in [4.69, 9.17) is 24.1 Å².